The lowest BCUT2D eigenvalue weighted by atomic mass is 10.1. The van der Waals surface area contributed by atoms with E-state index in [2.05, 4.69) is 24.1 Å². The van der Waals surface area contributed by atoms with Crippen LogP contribution in [0.25, 0.3) is 0 Å². The summed E-state index contributed by atoms with van der Waals surface area (Å²) in [6, 6.07) is 0. The molecular formula is C10H14N2O. The molecule has 0 amide bonds. The Kier molecular flexibility index (Phi) is 2.19. The Morgan fingerprint density at radius 3 is 3.15 bits per heavy atom. The molecule has 0 unspecified atom stereocenters. The first-order valence-corrected chi connectivity index (χ1v) is 4.57. The summed E-state index contributed by atoms with van der Waals surface area (Å²) in [7, 11) is 0. The molecule has 2 heterocycles. The largest absolute Gasteiger partial charge is 0.476 e. The van der Waals surface area contributed by atoms with Crippen LogP contribution in [0.3, 0.4) is 0 Å². The van der Waals surface area contributed by atoms with Crippen LogP contribution in [0.5, 0.6) is 5.88 Å². The highest BCUT2D eigenvalue weighted by molar-refractivity contribution is 5.38. The van der Waals surface area contributed by atoms with Gasteiger partial charge in [-0.05, 0) is 25.0 Å². The van der Waals surface area contributed by atoms with Gasteiger partial charge in [0.05, 0.1) is 0 Å². The number of hydrogen-bond donors (Lipinski definition) is 1. The molecule has 1 aromatic rings. The van der Waals surface area contributed by atoms with Gasteiger partial charge in [0.1, 0.15) is 6.61 Å². The molecule has 0 atom stereocenters. The van der Waals surface area contributed by atoms with Gasteiger partial charge in [-0.15, -0.1) is 0 Å². The van der Waals surface area contributed by atoms with E-state index in [0.717, 1.165) is 19.0 Å². The topological polar surface area (TPSA) is 34.2 Å². The molecule has 0 aromatic carbocycles. The van der Waals surface area contributed by atoms with Gasteiger partial charge in [-0.2, -0.15) is 0 Å². The number of fused-ring (bicyclic) bond motifs is 1. The monoisotopic (exact) mass is 178 g/mol. The lowest BCUT2D eigenvalue weighted by Gasteiger charge is -2.09. The predicted octanol–water partition coefficient (Wildman–Crippen LogP) is 1.18. The van der Waals surface area contributed by atoms with E-state index in [1.54, 1.807) is 0 Å². The minimum Gasteiger partial charge on any atom is -0.476 e. The third kappa shape index (κ3) is 1.52. The smallest absolute Gasteiger partial charge is 0.218 e. The van der Waals surface area contributed by atoms with Crippen LogP contribution in [0.15, 0.2) is 6.20 Å². The van der Waals surface area contributed by atoms with Gasteiger partial charge in [0.25, 0.3) is 0 Å². The fraction of sp³-hybridized carbons (Fsp3) is 0.500. The van der Waals surface area contributed by atoms with Crippen LogP contribution in [0, 0.1) is 13.8 Å². The van der Waals surface area contributed by atoms with E-state index in [-0.39, 0.29) is 0 Å². The summed E-state index contributed by atoms with van der Waals surface area (Å²) < 4.78 is 5.51. The summed E-state index contributed by atoms with van der Waals surface area (Å²) in [5, 5.41) is 3.31. The molecule has 1 aliphatic rings. The van der Waals surface area contributed by atoms with Gasteiger partial charge < -0.3 is 10.1 Å². The maximum atomic E-state index is 5.51. The SMILES string of the molecule is Cc1cnc2c(c1C)CNCCO2. The summed E-state index contributed by atoms with van der Waals surface area (Å²) in [5.74, 6) is 0.799. The van der Waals surface area contributed by atoms with Crippen LogP contribution in [-0.2, 0) is 6.54 Å². The summed E-state index contributed by atoms with van der Waals surface area (Å²) in [6.07, 6.45) is 1.87. The van der Waals surface area contributed by atoms with Crippen LogP contribution in [0.2, 0.25) is 0 Å². The quantitative estimate of drug-likeness (QED) is 0.647. The highest BCUT2D eigenvalue weighted by Crippen LogP contribution is 2.22. The van der Waals surface area contributed by atoms with E-state index in [9.17, 15) is 0 Å². The Bertz CT molecular complexity index is 323. The van der Waals surface area contributed by atoms with Gasteiger partial charge in [0, 0.05) is 24.8 Å². The molecule has 1 N–H and O–H groups in total. The first-order valence-electron chi connectivity index (χ1n) is 4.57. The second kappa shape index (κ2) is 3.34. The van der Waals surface area contributed by atoms with Gasteiger partial charge in [0.15, 0.2) is 0 Å². The van der Waals surface area contributed by atoms with Crippen LogP contribution in [0.4, 0.5) is 0 Å². The average molecular weight is 178 g/mol. The molecule has 70 valence electrons. The van der Waals surface area contributed by atoms with E-state index in [1.165, 1.54) is 16.7 Å². The zero-order chi connectivity index (χ0) is 9.26. The first-order chi connectivity index (χ1) is 6.29. The van der Waals surface area contributed by atoms with E-state index in [0.29, 0.717) is 6.61 Å². The highest BCUT2D eigenvalue weighted by Gasteiger charge is 2.12. The number of pyridine rings is 1. The second-order valence-corrected chi connectivity index (χ2v) is 3.38. The second-order valence-electron chi connectivity index (χ2n) is 3.38. The maximum absolute atomic E-state index is 5.51. The average Bonchev–Trinajstić information content (AvgIpc) is 2.36. The molecule has 1 aliphatic heterocycles. The minimum atomic E-state index is 0.711. The van der Waals surface area contributed by atoms with Crippen molar-refractivity contribution in [3.8, 4) is 5.88 Å². The molecule has 0 radical (unpaired) electrons. The molecule has 0 bridgehead atoms. The number of aromatic nitrogens is 1. The Morgan fingerprint density at radius 1 is 1.46 bits per heavy atom. The molecule has 3 nitrogen and oxygen atoms in total. The van der Waals surface area contributed by atoms with Crippen molar-refractivity contribution in [2.24, 2.45) is 0 Å². The number of aryl methyl sites for hydroxylation is 1. The van der Waals surface area contributed by atoms with E-state index < -0.39 is 0 Å². The normalized spacial score (nSPS) is 15.8. The Balaban J connectivity index is 2.48. The van der Waals surface area contributed by atoms with Crippen molar-refractivity contribution in [2.75, 3.05) is 13.2 Å². The fourth-order valence-electron chi connectivity index (χ4n) is 1.49. The molecule has 13 heavy (non-hydrogen) atoms. The zero-order valence-electron chi connectivity index (χ0n) is 8.05. The van der Waals surface area contributed by atoms with Crippen molar-refractivity contribution in [1.29, 1.82) is 0 Å². The van der Waals surface area contributed by atoms with Crippen LogP contribution in [0.1, 0.15) is 16.7 Å². The third-order valence-electron chi connectivity index (χ3n) is 2.50. The minimum absolute atomic E-state index is 0.711. The van der Waals surface area contributed by atoms with E-state index in [4.69, 9.17) is 4.74 Å². The molecule has 0 aliphatic carbocycles. The van der Waals surface area contributed by atoms with Gasteiger partial charge in [-0.25, -0.2) is 4.98 Å². The van der Waals surface area contributed by atoms with Crippen LogP contribution in [-0.4, -0.2) is 18.1 Å². The van der Waals surface area contributed by atoms with Crippen molar-refractivity contribution in [3.63, 3.8) is 0 Å². The Hall–Kier alpha value is -1.09. The molecule has 0 saturated heterocycles. The molecule has 3 heteroatoms. The maximum Gasteiger partial charge on any atom is 0.218 e. The number of nitrogens with one attached hydrogen (secondary N) is 1. The van der Waals surface area contributed by atoms with Gasteiger partial charge in [-0.3, -0.25) is 0 Å². The Morgan fingerprint density at radius 2 is 2.31 bits per heavy atom. The number of nitrogens with zero attached hydrogens (tertiary/aromatic N) is 1. The lowest BCUT2D eigenvalue weighted by molar-refractivity contribution is 0.313. The van der Waals surface area contributed by atoms with Crippen molar-refractivity contribution in [1.82, 2.24) is 10.3 Å². The van der Waals surface area contributed by atoms with Crippen LogP contribution >= 0.6 is 0 Å². The zero-order valence-corrected chi connectivity index (χ0v) is 8.05. The molecule has 2 rings (SSSR count). The first kappa shape index (κ1) is 8.51. The molecule has 1 aromatic heterocycles. The van der Waals surface area contributed by atoms with Gasteiger partial charge in [0.2, 0.25) is 5.88 Å². The van der Waals surface area contributed by atoms with Gasteiger partial charge >= 0.3 is 0 Å². The molecular weight excluding hydrogens is 164 g/mol. The highest BCUT2D eigenvalue weighted by atomic mass is 16.5. The van der Waals surface area contributed by atoms with Crippen molar-refractivity contribution in [2.45, 2.75) is 20.4 Å². The molecule has 0 fully saturated rings. The summed E-state index contributed by atoms with van der Waals surface area (Å²) >= 11 is 0. The molecule has 0 saturated carbocycles. The fourth-order valence-corrected chi connectivity index (χ4v) is 1.49. The summed E-state index contributed by atoms with van der Waals surface area (Å²) in [5.41, 5.74) is 3.72. The number of hydrogen-bond acceptors (Lipinski definition) is 3. The lowest BCUT2D eigenvalue weighted by Crippen LogP contribution is -2.16. The standard InChI is InChI=1S/C10H14N2O/c1-7-5-12-10-9(8(7)2)6-11-3-4-13-10/h5,11H,3-4,6H2,1-2H3. The van der Waals surface area contributed by atoms with E-state index >= 15 is 0 Å². The van der Waals surface area contributed by atoms with E-state index in [1.807, 2.05) is 6.20 Å². The number of ether oxygens (including phenoxy) is 1. The molecule has 0 spiro atoms. The van der Waals surface area contributed by atoms with Crippen molar-refractivity contribution in [3.05, 3.63) is 22.9 Å². The van der Waals surface area contributed by atoms with Crippen molar-refractivity contribution < 1.29 is 4.74 Å². The predicted molar refractivity (Wildman–Crippen MR) is 50.9 cm³/mol. The third-order valence-corrected chi connectivity index (χ3v) is 2.50. The number of rotatable bonds is 0. The van der Waals surface area contributed by atoms with Gasteiger partial charge in [-0.1, -0.05) is 0 Å². The van der Waals surface area contributed by atoms with Crippen LogP contribution < -0.4 is 10.1 Å². The van der Waals surface area contributed by atoms with Crippen molar-refractivity contribution >= 4 is 0 Å². The summed E-state index contributed by atoms with van der Waals surface area (Å²) in [4.78, 5) is 4.28. The Labute approximate surface area is 78.1 Å². The summed E-state index contributed by atoms with van der Waals surface area (Å²) in [6.45, 7) is 6.67.